The van der Waals surface area contributed by atoms with E-state index in [0.717, 1.165) is 0 Å². The summed E-state index contributed by atoms with van der Waals surface area (Å²) in [5.41, 5.74) is 4.38. The minimum Gasteiger partial charge on any atom is -0.464 e. The number of amides is 2. The van der Waals surface area contributed by atoms with E-state index in [9.17, 15) is 9.59 Å². The minimum atomic E-state index is -0.832. The molecule has 2 aliphatic heterocycles. The van der Waals surface area contributed by atoms with E-state index in [1.54, 1.807) is 0 Å². The Hall–Kier alpha value is -1.76. The molecule has 17 heavy (non-hydrogen) atoms. The Morgan fingerprint density at radius 1 is 1.65 bits per heavy atom. The molecular weight excluding hydrogens is 248 g/mol. The zero-order valence-corrected chi connectivity index (χ0v) is 9.53. The van der Waals surface area contributed by atoms with Crippen molar-refractivity contribution < 1.29 is 14.3 Å². The topological polar surface area (TPSA) is 106 Å². The molecule has 92 valence electrons. The SMILES string of the molecule is NC(=O)C1=CC(O[C@H]2CCNC2=O)=NC(Cl)N1. The molecule has 0 aliphatic carbocycles. The van der Waals surface area contributed by atoms with Gasteiger partial charge in [-0.25, -0.2) is 4.99 Å². The fourth-order valence-electron chi connectivity index (χ4n) is 1.51. The summed E-state index contributed by atoms with van der Waals surface area (Å²) in [6.07, 6.45) is 1.28. The third-order valence-corrected chi connectivity index (χ3v) is 2.52. The van der Waals surface area contributed by atoms with Crippen LogP contribution in [0.4, 0.5) is 0 Å². The number of hydrogen-bond donors (Lipinski definition) is 3. The summed E-state index contributed by atoms with van der Waals surface area (Å²) in [5, 5.41) is 5.19. The third-order valence-electron chi connectivity index (χ3n) is 2.31. The predicted octanol–water partition coefficient (Wildman–Crippen LogP) is -1.22. The van der Waals surface area contributed by atoms with Gasteiger partial charge in [0.2, 0.25) is 5.90 Å². The molecule has 0 aromatic heterocycles. The van der Waals surface area contributed by atoms with E-state index >= 15 is 0 Å². The molecule has 0 saturated carbocycles. The molecule has 7 nitrogen and oxygen atoms in total. The lowest BCUT2D eigenvalue weighted by atomic mass is 10.3. The quantitative estimate of drug-likeness (QED) is 0.427. The Bertz CT molecular complexity index is 420. The van der Waals surface area contributed by atoms with Crippen LogP contribution in [0.25, 0.3) is 0 Å². The second kappa shape index (κ2) is 4.62. The Morgan fingerprint density at radius 3 is 3.00 bits per heavy atom. The number of halogens is 1. The average Bonchev–Trinajstić information content (AvgIpc) is 2.63. The number of nitrogens with one attached hydrogen (secondary N) is 2. The number of carbonyl (C=O) groups is 2. The number of nitrogens with two attached hydrogens (primary N) is 1. The van der Waals surface area contributed by atoms with Gasteiger partial charge in [-0.2, -0.15) is 0 Å². The zero-order valence-electron chi connectivity index (χ0n) is 8.77. The molecule has 0 aromatic rings. The van der Waals surface area contributed by atoms with Crippen LogP contribution in [0.3, 0.4) is 0 Å². The molecule has 4 N–H and O–H groups in total. The maximum Gasteiger partial charge on any atom is 0.265 e. The molecule has 8 heteroatoms. The smallest absolute Gasteiger partial charge is 0.265 e. The van der Waals surface area contributed by atoms with E-state index in [1.807, 2.05) is 0 Å². The summed E-state index contributed by atoms with van der Waals surface area (Å²) in [7, 11) is 0. The summed E-state index contributed by atoms with van der Waals surface area (Å²) < 4.78 is 5.34. The highest BCUT2D eigenvalue weighted by molar-refractivity contribution is 6.22. The van der Waals surface area contributed by atoms with Crippen LogP contribution in [0.2, 0.25) is 0 Å². The van der Waals surface area contributed by atoms with Crippen LogP contribution in [-0.4, -0.2) is 36.0 Å². The van der Waals surface area contributed by atoms with E-state index in [1.165, 1.54) is 6.08 Å². The molecule has 1 unspecified atom stereocenters. The van der Waals surface area contributed by atoms with E-state index in [4.69, 9.17) is 22.1 Å². The fourth-order valence-corrected chi connectivity index (χ4v) is 1.72. The Kier molecular flexibility index (Phi) is 3.19. The molecule has 2 amide bonds. The summed E-state index contributed by atoms with van der Waals surface area (Å²) in [6, 6.07) is 0. The second-order valence-electron chi connectivity index (χ2n) is 3.56. The van der Waals surface area contributed by atoms with Gasteiger partial charge in [-0.3, -0.25) is 9.59 Å². The number of ether oxygens (including phenoxy) is 1. The number of primary amides is 1. The summed E-state index contributed by atoms with van der Waals surface area (Å²) in [5.74, 6) is -0.742. The molecule has 2 aliphatic rings. The van der Waals surface area contributed by atoms with E-state index in [0.29, 0.717) is 13.0 Å². The van der Waals surface area contributed by atoms with Crippen LogP contribution in [0, 0.1) is 0 Å². The zero-order chi connectivity index (χ0) is 12.4. The minimum absolute atomic E-state index is 0.105. The Labute approximate surface area is 102 Å². The first-order valence-electron chi connectivity index (χ1n) is 5.00. The molecule has 0 spiro atoms. The third kappa shape index (κ3) is 2.68. The van der Waals surface area contributed by atoms with Crippen LogP contribution in [-0.2, 0) is 14.3 Å². The first-order valence-corrected chi connectivity index (χ1v) is 5.44. The maximum absolute atomic E-state index is 11.3. The normalized spacial score (nSPS) is 27.7. The van der Waals surface area contributed by atoms with Crippen LogP contribution in [0.5, 0.6) is 0 Å². The maximum atomic E-state index is 11.3. The summed E-state index contributed by atoms with van der Waals surface area (Å²) >= 11 is 5.74. The van der Waals surface area contributed by atoms with Gasteiger partial charge in [-0.05, 0) is 0 Å². The molecule has 0 aromatic carbocycles. The highest BCUT2D eigenvalue weighted by Crippen LogP contribution is 2.12. The van der Waals surface area contributed by atoms with Crippen LogP contribution in [0.1, 0.15) is 6.42 Å². The highest BCUT2D eigenvalue weighted by atomic mass is 35.5. The number of carbonyl (C=O) groups excluding carboxylic acids is 2. The Balaban J connectivity index is 2.09. The van der Waals surface area contributed by atoms with Gasteiger partial charge in [0.05, 0.1) is 0 Å². The first kappa shape index (κ1) is 11.7. The van der Waals surface area contributed by atoms with Crippen LogP contribution < -0.4 is 16.4 Å². The molecule has 1 fully saturated rings. The Morgan fingerprint density at radius 2 is 2.41 bits per heavy atom. The molecule has 2 heterocycles. The van der Waals surface area contributed by atoms with Gasteiger partial charge < -0.3 is 21.1 Å². The lowest BCUT2D eigenvalue weighted by molar-refractivity contribution is -0.125. The van der Waals surface area contributed by atoms with Gasteiger partial charge in [-0.1, -0.05) is 11.6 Å². The number of hydrogen-bond acceptors (Lipinski definition) is 5. The lowest BCUT2D eigenvalue weighted by Crippen LogP contribution is -2.36. The van der Waals surface area contributed by atoms with Gasteiger partial charge in [0.25, 0.3) is 11.8 Å². The van der Waals surface area contributed by atoms with Crippen molar-refractivity contribution >= 4 is 29.3 Å². The van der Waals surface area contributed by atoms with Gasteiger partial charge >= 0.3 is 0 Å². The largest absolute Gasteiger partial charge is 0.464 e. The summed E-state index contributed by atoms with van der Waals surface area (Å²) in [6.45, 7) is 0.561. The average molecular weight is 259 g/mol. The van der Waals surface area contributed by atoms with Crippen molar-refractivity contribution in [3.05, 3.63) is 11.8 Å². The molecule has 0 radical (unpaired) electrons. The van der Waals surface area contributed by atoms with Crippen molar-refractivity contribution in [2.75, 3.05) is 6.54 Å². The van der Waals surface area contributed by atoms with Gasteiger partial charge in [0.1, 0.15) is 5.70 Å². The van der Waals surface area contributed by atoms with Crippen molar-refractivity contribution in [3.8, 4) is 0 Å². The lowest BCUT2D eigenvalue weighted by Gasteiger charge is -2.19. The molecule has 1 saturated heterocycles. The predicted molar refractivity (Wildman–Crippen MR) is 60.0 cm³/mol. The number of rotatable bonds is 2. The van der Waals surface area contributed by atoms with Crippen molar-refractivity contribution in [1.29, 1.82) is 0 Å². The van der Waals surface area contributed by atoms with Gasteiger partial charge in [-0.15, -0.1) is 0 Å². The van der Waals surface area contributed by atoms with Crippen molar-refractivity contribution in [2.45, 2.75) is 18.1 Å². The molecule has 2 rings (SSSR count). The van der Waals surface area contributed by atoms with Gasteiger partial charge in [0.15, 0.2) is 11.7 Å². The number of aliphatic imine (C=N–C) groups is 1. The molecular formula is C9H11ClN4O3. The van der Waals surface area contributed by atoms with Crippen molar-refractivity contribution in [2.24, 2.45) is 10.7 Å². The summed E-state index contributed by atoms with van der Waals surface area (Å²) in [4.78, 5) is 26.2. The number of nitrogens with zero attached hydrogens (tertiary/aromatic N) is 1. The monoisotopic (exact) mass is 258 g/mol. The fraction of sp³-hybridized carbons (Fsp3) is 0.444. The van der Waals surface area contributed by atoms with Crippen LogP contribution in [0.15, 0.2) is 16.8 Å². The van der Waals surface area contributed by atoms with Crippen LogP contribution >= 0.6 is 11.6 Å². The first-order chi connectivity index (χ1) is 8.06. The second-order valence-corrected chi connectivity index (χ2v) is 3.97. The van der Waals surface area contributed by atoms with Crippen molar-refractivity contribution in [1.82, 2.24) is 10.6 Å². The number of alkyl halides is 1. The standard InChI is InChI=1S/C9H11ClN4O3/c10-9-13-4(7(11)15)3-6(14-9)17-5-1-2-12-8(5)16/h3,5,9,13H,1-2H2,(H2,11,15)(H,12,16)/t5-,9?/m0/s1. The molecule has 0 bridgehead atoms. The highest BCUT2D eigenvalue weighted by Gasteiger charge is 2.28. The van der Waals surface area contributed by atoms with E-state index < -0.39 is 17.6 Å². The van der Waals surface area contributed by atoms with E-state index in [2.05, 4.69) is 15.6 Å². The van der Waals surface area contributed by atoms with E-state index in [-0.39, 0.29) is 17.5 Å². The molecule has 2 atom stereocenters. The van der Waals surface area contributed by atoms with Gasteiger partial charge in [0, 0.05) is 19.0 Å². The van der Waals surface area contributed by atoms with Crippen molar-refractivity contribution in [3.63, 3.8) is 0 Å².